The molecule has 2 heteroatoms. The Morgan fingerprint density at radius 1 is 1.44 bits per heavy atom. The molecule has 2 nitrogen and oxygen atoms in total. The summed E-state index contributed by atoms with van der Waals surface area (Å²) >= 11 is 0. The number of ether oxygens (including phenoxy) is 1. The number of fused-ring (bicyclic) bond motifs is 1. The lowest BCUT2D eigenvalue weighted by atomic mass is 10.0. The van der Waals surface area contributed by atoms with Crippen molar-refractivity contribution in [1.29, 1.82) is 0 Å². The van der Waals surface area contributed by atoms with E-state index in [1.807, 2.05) is 0 Å². The Hall–Kier alpha value is -1.28. The Morgan fingerprint density at radius 3 is 3.06 bits per heavy atom. The highest BCUT2D eigenvalue weighted by Crippen LogP contribution is 2.33. The van der Waals surface area contributed by atoms with E-state index in [0.29, 0.717) is 6.04 Å². The Morgan fingerprint density at radius 2 is 2.28 bits per heavy atom. The van der Waals surface area contributed by atoms with Gasteiger partial charge in [0.05, 0.1) is 6.61 Å². The van der Waals surface area contributed by atoms with Crippen molar-refractivity contribution in [2.45, 2.75) is 39.7 Å². The van der Waals surface area contributed by atoms with Gasteiger partial charge in [-0.15, -0.1) is 0 Å². The van der Waals surface area contributed by atoms with Crippen LogP contribution in [-0.4, -0.2) is 19.2 Å². The minimum atomic E-state index is 0.558. The van der Waals surface area contributed by atoms with Gasteiger partial charge in [-0.3, -0.25) is 0 Å². The molecule has 0 spiro atoms. The van der Waals surface area contributed by atoms with Gasteiger partial charge in [0.15, 0.2) is 0 Å². The molecule has 98 valence electrons. The molecule has 0 aromatic heterocycles. The lowest BCUT2D eigenvalue weighted by Crippen LogP contribution is -2.23. The zero-order valence-electron chi connectivity index (χ0n) is 11.6. The Kier molecular flexibility index (Phi) is 4.43. The lowest BCUT2D eigenvalue weighted by Gasteiger charge is -2.09. The molecular weight excluding hydrogens is 222 g/mol. The number of hydrogen-bond acceptors (Lipinski definition) is 2. The van der Waals surface area contributed by atoms with Crippen LogP contribution in [0.5, 0.6) is 5.75 Å². The van der Waals surface area contributed by atoms with Crippen molar-refractivity contribution in [2.24, 2.45) is 0 Å². The molecule has 0 fully saturated rings. The van der Waals surface area contributed by atoms with Crippen molar-refractivity contribution in [3.05, 3.63) is 35.4 Å². The summed E-state index contributed by atoms with van der Waals surface area (Å²) in [6, 6.07) is 7.01. The van der Waals surface area contributed by atoms with E-state index in [0.717, 1.165) is 31.7 Å². The van der Waals surface area contributed by atoms with Crippen LogP contribution in [0.3, 0.4) is 0 Å². The second-order valence-corrected chi connectivity index (χ2v) is 5.18. The summed E-state index contributed by atoms with van der Waals surface area (Å²) in [6.07, 6.45) is 4.41. The SMILES string of the molecule is C/C(=C/CCNC(C)C)c1cccc2c1OCC2. The van der Waals surface area contributed by atoms with E-state index in [1.54, 1.807) is 0 Å². The Labute approximate surface area is 110 Å². The van der Waals surface area contributed by atoms with Crippen molar-refractivity contribution >= 4 is 5.57 Å². The third-order valence-corrected chi connectivity index (χ3v) is 3.29. The average molecular weight is 245 g/mol. The first kappa shape index (κ1) is 13.2. The maximum absolute atomic E-state index is 5.74. The first-order valence-electron chi connectivity index (χ1n) is 6.83. The number of benzene rings is 1. The summed E-state index contributed by atoms with van der Waals surface area (Å²) in [6.45, 7) is 8.38. The fourth-order valence-electron chi connectivity index (χ4n) is 2.30. The highest BCUT2D eigenvalue weighted by atomic mass is 16.5. The van der Waals surface area contributed by atoms with Gasteiger partial charge in [-0.2, -0.15) is 0 Å². The van der Waals surface area contributed by atoms with Gasteiger partial charge in [0.25, 0.3) is 0 Å². The molecular formula is C16H23NO. The fourth-order valence-corrected chi connectivity index (χ4v) is 2.30. The van der Waals surface area contributed by atoms with Crippen LogP contribution in [0.1, 0.15) is 38.3 Å². The topological polar surface area (TPSA) is 21.3 Å². The van der Waals surface area contributed by atoms with Crippen molar-refractivity contribution in [3.63, 3.8) is 0 Å². The summed E-state index contributed by atoms with van der Waals surface area (Å²) in [7, 11) is 0. The highest BCUT2D eigenvalue weighted by Gasteiger charge is 2.16. The molecule has 1 aliphatic heterocycles. The molecule has 1 aromatic rings. The van der Waals surface area contributed by atoms with Crippen LogP contribution >= 0.6 is 0 Å². The largest absolute Gasteiger partial charge is 0.492 e. The molecule has 18 heavy (non-hydrogen) atoms. The van der Waals surface area contributed by atoms with Gasteiger partial charge < -0.3 is 10.1 Å². The maximum Gasteiger partial charge on any atom is 0.130 e. The van der Waals surface area contributed by atoms with Crippen molar-refractivity contribution in [1.82, 2.24) is 5.32 Å². The van der Waals surface area contributed by atoms with Gasteiger partial charge in [-0.1, -0.05) is 38.1 Å². The molecule has 0 saturated heterocycles. The summed E-state index contributed by atoms with van der Waals surface area (Å²) in [4.78, 5) is 0. The van der Waals surface area contributed by atoms with Crippen LogP contribution in [0.4, 0.5) is 0 Å². The summed E-state index contributed by atoms with van der Waals surface area (Å²) in [5, 5.41) is 3.43. The smallest absolute Gasteiger partial charge is 0.130 e. The molecule has 2 rings (SSSR count). The highest BCUT2D eigenvalue weighted by molar-refractivity contribution is 5.71. The van der Waals surface area contributed by atoms with Crippen molar-refractivity contribution in [2.75, 3.05) is 13.2 Å². The van der Waals surface area contributed by atoms with E-state index in [2.05, 4.69) is 50.4 Å². The standard InChI is InChI=1S/C16H23NO/c1-12(2)17-10-5-6-13(3)15-8-4-7-14-9-11-18-16(14)15/h4,6-8,12,17H,5,9-11H2,1-3H3/b13-6-. The van der Waals surface area contributed by atoms with Crippen LogP contribution in [0.15, 0.2) is 24.3 Å². The molecule has 1 aromatic carbocycles. The zero-order valence-corrected chi connectivity index (χ0v) is 11.6. The maximum atomic E-state index is 5.74. The first-order chi connectivity index (χ1) is 8.68. The molecule has 1 aliphatic rings. The van der Waals surface area contributed by atoms with Crippen LogP contribution in [0, 0.1) is 0 Å². The Bertz CT molecular complexity index is 435. The van der Waals surface area contributed by atoms with E-state index >= 15 is 0 Å². The van der Waals surface area contributed by atoms with Crippen molar-refractivity contribution in [3.8, 4) is 5.75 Å². The lowest BCUT2D eigenvalue weighted by molar-refractivity contribution is 0.356. The van der Waals surface area contributed by atoms with Gasteiger partial charge in [0.2, 0.25) is 0 Å². The minimum absolute atomic E-state index is 0.558. The van der Waals surface area contributed by atoms with Crippen LogP contribution < -0.4 is 10.1 Å². The molecule has 1 N–H and O–H groups in total. The number of allylic oxidation sites excluding steroid dienone is 1. The molecule has 0 bridgehead atoms. The summed E-state index contributed by atoms with van der Waals surface area (Å²) < 4.78 is 5.74. The van der Waals surface area contributed by atoms with E-state index in [-0.39, 0.29) is 0 Å². The quantitative estimate of drug-likeness (QED) is 0.803. The Balaban J connectivity index is 2.03. The number of para-hydroxylation sites is 1. The number of hydrogen-bond donors (Lipinski definition) is 1. The van der Waals surface area contributed by atoms with Gasteiger partial charge in [-0.25, -0.2) is 0 Å². The van der Waals surface area contributed by atoms with E-state index < -0.39 is 0 Å². The molecule has 0 aliphatic carbocycles. The number of nitrogens with one attached hydrogen (secondary N) is 1. The molecule has 0 saturated carbocycles. The second kappa shape index (κ2) is 6.05. The summed E-state index contributed by atoms with van der Waals surface area (Å²) in [5.41, 5.74) is 3.93. The monoisotopic (exact) mass is 245 g/mol. The predicted octanol–water partition coefficient (Wildman–Crippen LogP) is 3.41. The molecule has 0 amide bonds. The summed E-state index contributed by atoms with van der Waals surface area (Å²) in [5.74, 6) is 1.10. The fraction of sp³-hybridized carbons (Fsp3) is 0.500. The van der Waals surface area contributed by atoms with Gasteiger partial charge in [0.1, 0.15) is 5.75 Å². The molecule has 0 atom stereocenters. The van der Waals surface area contributed by atoms with Crippen LogP contribution in [-0.2, 0) is 6.42 Å². The normalized spacial score (nSPS) is 14.8. The predicted molar refractivity (Wildman–Crippen MR) is 77.0 cm³/mol. The molecule has 0 radical (unpaired) electrons. The average Bonchev–Trinajstić information content (AvgIpc) is 2.82. The van der Waals surface area contributed by atoms with Gasteiger partial charge >= 0.3 is 0 Å². The molecule has 1 heterocycles. The molecule has 0 unspecified atom stereocenters. The first-order valence-corrected chi connectivity index (χ1v) is 6.83. The minimum Gasteiger partial charge on any atom is -0.492 e. The zero-order chi connectivity index (χ0) is 13.0. The van der Waals surface area contributed by atoms with Crippen molar-refractivity contribution < 1.29 is 4.74 Å². The van der Waals surface area contributed by atoms with E-state index in [9.17, 15) is 0 Å². The van der Waals surface area contributed by atoms with E-state index in [1.165, 1.54) is 16.7 Å². The second-order valence-electron chi connectivity index (χ2n) is 5.18. The third kappa shape index (κ3) is 3.14. The van der Waals surface area contributed by atoms with Crippen LogP contribution in [0.25, 0.3) is 5.57 Å². The van der Waals surface area contributed by atoms with Gasteiger partial charge in [0, 0.05) is 18.0 Å². The number of rotatable bonds is 5. The van der Waals surface area contributed by atoms with Crippen LogP contribution in [0.2, 0.25) is 0 Å². The van der Waals surface area contributed by atoms with E-state index in [4.69, 9.17) is 4.74 Å². The third-order valence-electron chi connectivity index (χ3n) is 3.29. The van der Waals surface area contributed by atoms with Gasteiger partial charge in [-0.05, 0) is 31.0 Å².